The summed E-state index contributed by atoms with van der Waals surface area (Å²) in [7, 11) is 1.69. The Bertz CT molecular complexity index is 711. The molecule has 0 spiro atoms. The summed E-state index contributed by atoms with van der Waals surface area (Å²) in [6.45, 7) is 1.34. The number of hydrogen-bond acceptors (Lipinski definition) is 3. The highest BCUT2D eigenvalue weighted by atomic mass is 32.1. The Balaban J connectivity index is 1.97. The number of hydrogen-bond donors (Lipinski definition) is 0. The summed E-state index contributed by atoms with van der Waals surface area (Å²) < 4.78 is 8.46. The summed E-state index contributed by atoms with van der Waals surface area (Å²) in [6, 6.07) is 8.19. The molecule has 1 aromatic carbocycles. The molecule has 1 fully saturated rings. The van der Waals surface area contributed by atoms with Crippen molar-refractivity contribution in [1.29, 1.82) is 0 Å². The molecule has 4 nitrogen and oxygen atoms in total. The fraction of sp³-hybridized carbons (Fsp3) is 0.529. The summed E-state index contributed by atoms with van der Waals surface area (Å²) in [6.07, 6.45) is 5.54. The van der Waals surface area contributed by atoms with Crippen molar-refractivity contribution in [3.05, 3.63) is 29.1 Å². The van der Waals surface area contributed by atoms with Gasteiger partial charge < -0.3 is 9.30 Å². The Morgan fingerprint density at radius 1 is 1.32 bits per heavy atom. The van der Waals surface area contributed by atoms with Crippen LogP contribution in [0.3, 0.4) is 0 Å². The van der Waals surface area contributed by atoms with Gasteiger partial charge in [-0.3, -0.25) is 4.79 Å². The molecule has 1 saturated carbocycles. The first-order valence-corrected chi connectivity index (χ1v) is 8.77. The molecule has 1 aliphatic rings. The molecule has 0 atom stereocenters. The van der Waals surface area contributed by atoms with Crippen LogP contribution in [-0.2, 0) is 16.1 Å². The number of para-hydroxylation sites is 1. The van der Waals surface area contributed by atoms with Gasteiger partial charge in [-0.15, -0.1) is 0 Å². The Morgan fingerprint density at radius 3 is 2.86 bits per heavy atom. The van der Waals surface area contributed by atoms with Gasteiger partial charge in [-0.05, 0) is 25.0 Å². The standard InChI is InChI=1S/C17H22N2O2S/c1-21-12-11-19-14-9-5-6-10-15(14)22-17(19)18-16(20)13-7-3-2-4-8-13/h5-6,9-10,13H,2-4,7-8,11-12H2,1H3. The number of amides is 1. The van der Waals surface area contributed by atoms with Crippen LogP contribution in [-0.4, -0.2) is 24.2 Å². The van der Waals surface area contributed by atoms with Crippen LogP contribution in [0.15, 0.2) is 29.3 Å². The van der Waals surface area contributed by atoms with Crippen LogP contribution in [0.2, 0.25) is 0 Å². The number of thiazole rings is 1. The molecule has 2 aromatic rings. The highest BCUT2D eigenvalue weighted by molar-refractivity contribution is 7.16. The molecule has 5 heteroatoms. The molecule has 0 N–H and O–H groups in total. The Labute approximate surface area is 134 Å². The van der Waals surface area contributed by atoms with Gasteiger partial charge in [0.25, 0.3) is 5.91 Å². The van der Waals surface area contributed by atoms with Crippen LogP contribution >= 0.6 is 11.3 Å². The van der Waals surface area contributed by atoms with E-state index in [4.69, 9.17) is 4.74 Å². The van der Waals surface area contributed by atoms with Crippen molar-refractivity contribution in [3.8, 4) is 0 Å². The van der Waals surface area contributed by atoms with Crippen molar-refractivity contribution in [1.82, 2.24) is 4.57 Å². The number of nitrogens with zero attached hydrogens (tertiary/aromatic N) is 2. The monoisotopic (exact) mass is 318 g/mol. The smallest absolute Gasteiger partial charge is 0.251 e. The summed E-state index contributed by atoms with van der Waals surface area (Å²) in [5, 5.41) is 0. The van der Waals surface area contributed by atoms with Gasteiger partial charge in [-0.25, -0.2) is 0 Å². The molecule has 3 rings (SSSR count). The van der Waals surface area contributed by atoms with E-state index in [0.29, 0.717) is 6.61 Å². The predicted molar refractivity (Wildman–Crippen MR) is 88.8 cm³/mol. The third kappa shape index (κ3) is 3.31. The van der Waals surface area contributed by atoms with Crippen molar-refractivity contribution in [2.24, 2.45) is 10.9 Å². The maximum atomic E-state index is 12.5. The lowest BCUT2D eigenvalue weighted by Gasteiger charge is -2.17. The summed E-state index contributed by atoms with van der Waals surface area (Å²) in [4.78, 5) is 17.7. The van der Waals surface area contributed by atoms with Crippen molar-refractivity contribution in [2.45, 2.75) is 38.6 Å². The van der Waals surface area contributed by atoms with Gasteiger partial charge in [0.2, 0.25) is 0 Å². The Morgan fingerprint density at radius 2 is 2.09 bits per heavy atom. The minimum Gasteiger partial charge on any atom is -0.383 e. The quantitative estimate of drug-likeness (QED) is 0.867. The minimum absolute atomic E-state index is 0.0532. The van der Waals surface area contributed by atoms with Crippen LogP contribution in [0.25, 0.3) is 10.2 Å². The lowest BCUT2D eigenvalue weighted by atomic mass is 9.89. The number of carbonyl (C=O) groups is 1. The molecular formula is C17H22N2O2S. The summed E-state index contributed by atoms with van der Waals surface area (Å²) in [5.41, 5.74) is 1.12. The first kappa shape index (κ1) is 15.4. The SMILES string of the molecule is COCCn1c(=NC(=O)C2CCCCC2)sc2ccccc21. The first-order chi connectivity index (χ1) is 10.8. The average molecular weight is 318 g/mol. The number of ether oxygens (including phenoxy) is 1. The zero-order valence-corrected chi connectivity index (χ0v) is 13.8. The number of benzene rings is 1. The van der Waals surface area contributed by atoms with Gasteiger partial charge in [0.1, 0.15) is 0 Å². The second-order valence-corrected chi connectivity index (χ2v) is 6.79. The van der Waals surface area contributed by atoms with E-state index in [1.807, 2.05) is 12.1 Å². The van der Waals surface area contributed by atoms with Gasteiger partial charge in [-0.1, -0.05) is 42.7 Å². The maximum absolute atomic E-state index is 12.5. The van der Waals surface area contributed by atoms with Crippen molar-refractivity contribution < 1.29 is 9.53 Å². The molecule has 1 aliphatic carbocycles. The second kappa shape index (κ2) is 7.20. The lowest BCUT2D eigenvalue weighted by molar-refractivity contribution is -0.122. The predicted octanol–water partition coefficient (Wildman–Crippen LogP) is 3.36. The van der Waals surface area contributed by atoms with Crippen LogP contribution in [0.5, 0.6) is 0 Å². The van der Waals surface area contributed by atoms with Crippen LogP contribution in [0.4, 0.5) is 0 Å². The molecule has 1 aromatic heterocycles. The molecule has 0 bridgehead atoms. The number of carbonyl (C=O) groups excluding carboxylic acids is 1. The molecule has 1 heterocycles. The minimum atomic E-state index is 0.0532. The number of rotatable bonds is 4. The molecule has 0 saturated heterocycles. The molecule has 0 unspecified atom stereocenters. The normalized spacial score (nSPS) is 17.2. The second-order valence-electron chi connectivity index (χ2n) is 5.78. The summed E-state index contributed by atoms with van der Waals surface area (Å²) >= 11 is 1.59. The highest BCUT2D eigenvalue weighted by Crippen LogP contribution is 2.24. The zero-order valence-electron chi connectivity index (χ0n) is 13.0. The fourth-order valence-corrected chi connectivity index (χ4v) is 4.10. The molecular weight excluding hydrogens is 296 g/mol. The van der Waals surface area contributed by atoms with Crippen molar-refractivity contribution in [2.75, 3.05) is 13.7 Å². The van der Waals surface area contributed by atoms with E-state index in [-0.39, 0.29) is 11.8 Å². The molecule has 1 amide bonds. The third-order valence-corrected chi connectivity index (χ3v) is 5.33. The van der Waals surface area contributed by atoms with Crippen LogP contribution in [0, 0.1) is 5.92 Å². The van der Waals surface area contributed by atoms with E-state index in [9.17, 15) is 4.79 Å². The van der Waals surface area contributed by atoms with Gasteiger partial charge in [0.05, 0.1) is 16.8 Å². The fourth-order valence-electron chi connectivity index (χ4n) is 3.04. The van der Waals surface area contributed by atoms with Crippen molar-refractivity contribution >= 4 is 27.5 Å². The van der Waals surface area contributed by atoms with Gasteiger partial charge in [0, 0.05) is 19.6 Å². The van der Waals surface area contributed by atoms with E-state index < -0.39 is 0 Å². The Kier molecular flexibility index (Phi) is 5.05. The van der Waals surface area contributed by atoms with E-state index in [1.165, 1.54) is 6.42 Å². The highest BCUT2D eigenvalue weighted by Gasteiger charge is 2.21. The molecule has 0 radical (unpaired) electrons. The topological polar surface area (TPSA) is 43.6 Å². The van der Waals surface area contributed by atoms with Crippen LogP contribution in [0.1, 0.15) is 32.1 Å². The summed E-state index contributed by atoms with van der Waals surface area (Å²) in [5.74, 6) is 0.173. The number of methoxy groups -OCH3 is 1. The third-order valence-electron chi connectivity index (χ3n) is 4.27. The largest absolute Gasteiger partial charge is 0.383 e. The lowest BCUT2D eigenvalue weighted by Crippen LogP contribution is -2.23. The molecule has 22 heavy (non-hydrogen) atoms. The van der Waals surface area contributed by atoms with E-state index >= 15 is 0 Å². The van der Waals surface area contributed by atoms with Gasteiger partial charge in [0.15, 0.2) is 4.80 Å². The average Bonchev–Trinajstić information content (AvgIpc) is 2.91. The van der Waals surface area contributed by atoms with E-state index in [1.54, 1.807) is 18.4 Å². The maximum Gasteiger partial charge on any atom is 0.251 e. The van der Waals surface area contributed by atoms with Gasteiger partial charge in [-0.2, -0.15) is 4.99 Å². The number of fused-ring (bicyclic) bond motifs is 1. The van der Waals surface area contributed by atoms with Gasteiger partial charge >= 0.3 is 0 Å². The van der Waals surface area contributed by atoms with Crippen LogP contribution < -0.4 is 4.80 Å². The van der Waals surface area contributed by atoms with E-state index in [2.05, 4.69) is 21.7 Å². The van der Waals surface area contributed by atoms with Crippen molar-refractivity contribution in [3.63, 3.8) is 0 Å². The van der Waals surface area contributed by atoms with E-state index in [0.717, 1.165) is 47.2 Å². The molecule has 0 aliphatic heterocycles. The number of aromatic nitrogens is 1. The molecule has 118 valence electrons. The zero-order chi connectivity index (χ0) is 15.4. The first-order valence-electron chi connectivity index (χ1n) is 7.95. The Hall–Kier alpha value is -1.46.